The van der Waals surface area contributed by atoms with Crippen LogP contribution >= 0.6 is 15.9 Å². The van der Waals surface area contributed by atoms with Gasteiger partial charge in [0.1, 0.15) is 4.60 Å². The van der Waals surface area contributed by atoms with Gasteiger partial charge in [-0.25, -0.2) is 4.98 Å². The zero-order chi connectivity index (χ0) is 8.60. The summed E-state index contributed by atoms with van der Waals surface area (Å²) in [5, 5.41) is 8.89. The molecule has 0 bridgehead atoms. The number of hydrogen-bond acceptors (Lipinski definition) is 2. The van der Waals surface area contributed by atoms with Crippen molar-refractivity contribution in [1.29, 1.82) is 5.26 Å². The molecule has 1 fully saturated rings. The minimum Gasteiger partial charge on any atom is -0.249 e. The van der Waals surface area contributed by atoms with Crippen LogP contribution in [0.3, 0.4) is 0 Å². The smallest absolute Gasteiger partial charge is 0.106 e. The van der Waals surface area contributed by atoms with Crippen molar-refractivity contribution < 1.29 is 0 Å². The van der Waals surface area contributed by atoms with Crippen LogP contribution < -0.4 is 0 Å². The lowest BCUT2D eigenvalue weighted by molar-refractivity contribution is 0.895. The average molecular weight is 223 g/mol. The van der Waals surface area contributed by atoms with Crippen molar-refractivity contribution >= 4 is 15.9 Å². The molecule has 0 radical (unpaired) electrons. The molecule has 1 heterocycles. The van der Waals surface area contributed by atoms with Crippen LogP contribution in [0.25, 0.3) is 0 Å². The Kier molecular flexibility index (Phi) is 1.66. The molecular formula is C9H7BrN2. The lowest BCUT2D eigenvalue weighted by Gasteiger charge is -2.03. The van der Waals surface area contributed by atoms with E-state index in [-0.39, 0.29) is 5.41 Å². The third kappa shape index (κ3) is 1.12. The number of nitriles is 1. The van der Waals surface area contributed by atoms with Gasteiger partial charge in [0, 0.05) is 6.20 Å². The molecule has 60 valence electrons. The van der Waals surface area contributed by atoms with Crippen molar-refractivity contribution in [2.45, 2.75) is 18.3 Å². The van der Waals surface area contributed by atoms with E-state index in [0.717, 1.165) is 23.0 Å². The molecule has 1 aromatic heterocycles. The second kappa shape index (κ2) is 2.56. The summed E-state index contributed by atoms with van der Waals surface area (Å²) in [5.74, 6) is 0. The molecule has 0 spiro atoms. The summed E-state index contributed by atoms with van der Waals surface area (Å²) in [6, 6.07) is 6.18. The van der Waals surface area contributed by atoms with Gasteiger partial charge in [-0.3, -0.25) is 0 Å². The zero-order valence-corrected chi connectivity index (χ0v) is 8.00. The number of nitrogens with zero attached hydrogens (tertiary/aromatic N) is 2. The highest BCUT2D eigenvalue weighted by Gasteiger charge is 2.44. The maximum atomic E-state index is 8.89. The van der Waals surface area contributed by atoms with Gasteiger partial charge in [-0.2, -0.15) is 5.26 Å². The first kappa shape index (κ1) is 7.75. The summed E-state index contributed by atoms with van der Waals surface area (Å²) in [6.07, 6.45) is 3.74. The van der Waals surface area contributed by atoms with Gasteiger partial charge in [0.2, 0.25) is 0 Å². The van der Waals surface area contributed by atoms with Gasteiger partial charge >= 0.3 is 0 Å². The van der Waals surface area contributed by atoms with Crippen molar-refractivity contribution in [2.24, 2.45) is 0 Å². The van der Waals surface area contributed by atoms with Crippen molar-refractivity contribution in [2.75, 3.05) is 0 Å². The lowest BCUT2D eigenvalue weighted by Crippen LogP contribution is -2.02. The minimum absolute atomic E-state index is 0.201. The van der Waals surface area contributed by atoms with Gasteiger partial charge in [0.05, 0.1) is 11.5 Å². The van der Waals surface area contributed by atoms with Crippen molar-refractivity contribution in [3.63, 3.8) is 0 Å². The second-order valence-corrected chi connectivity index (χ2v) is 3.88. The van der Waals surface area contributed by atoms with Crippen LogP contribution in [-0.2, 0) is 5.41 Å². The molecule has 2 rings (SSSR count). The van der Waals surface area contributed by atoms with E-state index in [1.807, 2.05) is 12.1 Å². The van der Waals surface area contributed by atoms with Gasteiger partial charge in [0.25, 0.3) is 0 Å². The Balaban J connectivity index is 2.37. The summed E-state index contributed by atoms with van der Waals surface area (Å²) in [6.45, 7) is 0. The van der Waals surface area contributed by atoms with E-state index in [1.165, 1.54) is 0 Å². The number of pyridine rings is 1. The molecule has 0 amide bonds. The first-order chi connectivity index (χ1) is 5.77. The first-order valence-electron chi connectivity index (χ1n) is 3.80. The Morgan fingerprint density at radius 1 is 1.50 bits per heavy atom. The number of hydrogen-bond donors (Lipinski definition) is 0. The van der Waals surface area contributed by atoms with Crippen molar-refractivity contribution in [3.05, 3.63) is 28.5 Å². The molecule has 1 saturated carbocycles. The van der Waals surface area contributed by atoms with Gasteiger partial charge in [0.15, 0.2) is 0 Å². The van der Waals surface area contributed by atoms with Crippen molar-refractivity contribution in [3.8, 4) is 6.07 Å². The molecule has 0 saturated heterocycles. The Labute approximate surface area is 79.4 Å². The third-order valence-corrected chi connectivity index (χ3v) is 2.71. The first-order valence-corrected chi connectivity index (χ1v) is 4.59. The Hall–Kier alpha value is -0.880. The summed E-state index contributed by atoms with van der Waals surface area (Å²) in [5.41, 5.74) is 0.849. The molecule has 0 N–H and O–H groups in total. The Morgan fingerprint density at radius 2 is 2.25 bits per heavy atom. The van der Waals surface area contributed by atoms with Gasteiger partial charge in [-0.05, 0) is 40.4 Å². The molecule has 12 heavy (non-hydrogen) atoms. The summed E-state index contributed by atoms with van der Waals surface area (Å²) in [4.78, 5) is 4.10. The third-order valence-electron chi connectivity index (χ3n) is 2.24. The van der Waals surface area contributed by atoms with Gasteiger partial charge in [-0.1, -0.05) is 6.07 Å². The SMILES string of the molecule is N#CC1(c2ccc(Br)nc2)CC1. The summed E-state index contributed by atoms with van der Waals surface area (Å²) in [7, 11) is 0. The van der Waals surface area contributed by atoms with Crippen LogP contribution in [0, 0.1) is 11.3 Å². The fraction of sp³-hybridized carbons (Fsp3) is 0.333. The maximum Gasteiger partial charge on any atom is 0.106 e. The van der Waals surface area contributed by atoms with Crippen LogP contribution in [0.1, 0.15) is 18.4 Å². The number of rotatable bonds is 1. The van der Waals surface area contributed by atoms with Crippen LogP contribution in [0.2, 0.25) is 0 Å². The van der Waals surface area contributed by atoms with Crippen LogP contribution in [0.15, 0.2) is 22.9 Å². The highest BCUT2D eigenvalue weighted by molar-refractivity contribution is 9.10. The molecule has 0 atom stereocenters. The van der Waals surface area contributed by atoms with Gasteiger partial charge < -0.3 is 0 Å². The molecule has 2 nitrogen and oxygen atoms in total. The molecule has 1 aromatic rings. The highest BCUT2D eigenvalue weighted by Crippen LogP contribution is 2.47. The molecule has 0 unspecified atom stereocenters. The monoisotopic (exact) mass is 222 g/mol. The summed E-state index contributed by atoms with van der Waals surface area (Å²) >= 11 is 3.26. The van der Waals surface area contributed by atoms with E-state index in [2.05, 4.69) is 27.0 Å². The molecule has 1 aliphatic carbocycles. The van der Waals surface area contributed by atoms with E-state index in [1.54, 1.807) is 6.20 Å². The molecule has 0 aliphatic heterocycles. The Morgan fingerprint density at radius 3 is 2.67 bits per heavy atom. The van der Waals surface area contributed by atoms with Crippen LogP contribution in [-0.4, -0.2) is 4.98 Å². The van der Waals surface area contributed by atoms with Crippen LogP contribution in [0.4, 0.5) is 0 Å². The standard InChI is InChI=1S/C9H7BrN2/c10-8-2-1-7(5-12-8)9(6-11)3-4-9/h1-2,5H,3-4H2. The number of halogens is 1. The second-order valence-electron chi connectivity index (χ2n) is 3.06. The van der Waals surface area contributed by atoms with E-state index in [4.69, 9.17) is 5.26 Å². The van der Waals surface area contributed by atoms with E-state index >= 15 is 0 Å². The minimum atomic E-state index is -0.201. The lowest BCUT2D eigenvalue weighted by atomic mass is 10.0. The van der Waals surface area contributed by atoms with E-state index < -0.39 is 0 Å². The molecule has 3 heteroatoms. The maximum absolute atomic E-state index is 8.89. The fourth-order valence-electron chi connectivity index (χ4n) is 1.25. The van der Waals surface area contributed by atoms with Crippen LogP contribution in [0.5, 0.6) is 0 Å². The van der Waals surface area contributed by atoms with Crippen molar-refractivity contribution in [1.82, 2.24) is 4.98 Å². The topological polar surface area (TPSA) is 36.7 Å². The van der Waals surface area contributed by atoms with E-state index in [9.17, 15) is 0 Å². The fourth-order valence-corrected chi connectivity index (χ4v) is 1.48. The zero-order valence-electron chi connectivity index (χ0n) is 6.42. The predicted octanol–water partition coefficient (Wildman–Crippen LogP) is 2.40. The number of aromatic nitrogens is 1. The van der Waals surface area contributed by atoms with E-state index in [0.29, 0.717) is 0 Å². The highest BCUT2D eigenvalue weighted by atomic mass is 79.9. The normalized spacial score (nSPS) is 18.3. The van der Waals surface area contributed by atoms with Gasteiger partial charge in [-0.15, -0.1) is 0 Å². The Bertz CT molecular complexity index is 333. The molecule has 1 aliphatic rings. The molecule has 0 aromatic carbocycles. The predicted molar refractivity (Wildman–Crippen MR) is 48.5 cm³/mol. The molecular weight excluding hydrogens is 216 g/mol. The average Bonchev–Trinajstić information content (AvgIpc) is 2.86. The summed E-state index contributed by atoms with van der Waals surface area (Å²) < 4.78 is 0.819. The largest absolute Gasteiger partial charge is 0.249 e. The quantitative estimate of drug-likeness (QED) is 0.685.